The lowest BCUT2D eigenvalue weighted by molar-refractivity contribution is -0.142. The fourth-order valence-electron chi connectivity index (χ4n) is 2.27. The van der Waals surface area contributed by atoms with Crippen molar-refractivity contribution in [1.82, 2.24) is 15.5 Å². The molecule has 7 nitrogen and oxygen atoms in total. The van der Waals surface area contributed by atoms with Gasteiger partial charge in [-0.3, -0.25) is 19.8 Å². The molecule has 1 unspecified atom stereocenters. The minimum atomic E-state index is -4.43. The van der Waals surface area contributed by atoms with Crippen LogP contribution in [0.1, 0.15) is 19.8 Å². The Morgan fingerprint density at radius 1 is 1.27 bits per heavy atom. The van der Waals surface area contributed by atoms with E-state index in [0.717, 1.165) is 0 Å². The molecule has 0 bridgehead atoms. The maximum Gasteiger partial charge on any atom is 0.405 e. The number of primary amides is 1. The van der Waals surface area contributed by atoms with Crippen LogP contribution in [0, 0.1) is 5.92 Å². The van der Waals surface area contributed by atoms with Gasteiger partial charge >= 0.3 is 12.2 Å². The van der Waals surface area contributed by atoms with Gasteiger partial charge in [-0.25, -0.2) is 4.79 Å². The Morgan fingerprint density at radius 3 is 2.27 bits per heavy atom. The summed E-state index contributed by atoms with van der Waals surface area (Å²) < 4.78 is 36.1. The number of halogens is 3. The van der Waals surface area contributed by atoms with E-state index >= 15 is 0 Å². The van der Waals surface area contributed by atoms with Crippen molar-refractivity contribution in [3.8, 4) is 0 Å². The zero-order valence-corrected chi connectivity index (χ0v) is 12.1. The number of carbonyl (C=O) groups is 3. The molecule has 1 atom stereocenters. The van der Waals surface area contributed by atoms with Gasteiger partial charge in [-0.2, -0.15) is 13.2 Å². The molecule has 0 aromatic rings. The van der Waals surface area contributed by atoms with Crippen molar-refractivity contribution in [3.63, 3.8) is 0 Å². The van der Waals surface area contributed by atoms with E-state index in [1.807, 2.05) is 10.6 Å². The summed E-state index contributed by atoms with van der Waals surface area (Å²) in [5.41, 5.74) is 4.86. The molecule has 4 N–H and O–H groups in total. The van der Waals surface area contributed by atoms with Gasteiger partial charge in [-0.05, 0) is 32.9 Å². The fourth-order valence-corrected chi connectivity index (χ4v) is 2.27. The molecule has 0 aromatic heterocycles. The van der Waals surface area contributed by atoms with Crippen LogP contribution < -0.4 is 16.4 Å². The van der Waals surface area contributed by atoms with Crippen molar-refractivity contribution in [1.29, 1.82) is 0 Å². The second-order valence-electron chi connectivity index (χ2n) is 5.17. The molecule has 22 heavy (non-hydrogen) atoms. The molecule has 1 rings (SSSR count). The summed E-state index contributed by atoms with van der Waals surface area (Å²) in [5, 5.41) is 3.83. The van der Waals surface area contributed by atoms with E-state index in [1.165, 1.54) is 0 Å². The smallest absolute Gasteiger partial charge is 0.351 e. The maximum absolute atomic E-state index is 12.0. The normalized spacial score (nSPS) is 18.5. The third kappa shape index (κ3) is 5.88. The van der Waals surface area contributed by atoms with Crippen LogP contribution in [0.25, 0.3) is 0 Å². The molecule has 1 saturated heterocycles. The highest BCUT2D eigenvalue weighted by Crippen LogP contribution is 2.20. The SMILES string of the molecule is CC(C(=O)NC(N)=O)N1CCC(C(=O)NCC(F)(F)F)CC1. The first-order valence-electron chi connectivity index (χ1n) is 6.79. The van der Waals surface area contributed by atoms with Crippen LogP contribution in [0.2, 0.25) is 0 Å². The minimum Gasteiger partial charge on any atom is -0.351 e. The summed E-state index contributed by atoms with van der Waals surface area (Å²) in [5.74, 6) is -1.69. The number of hydrogen-bond donors (Lipinski definition) is 3. The summed E-state index contributed by atoms with van der Waals surface area (Å²) in [6.07, 6.45) is -3.74. The third-order valence-corrected chi connectivity index (χ3v) is 3.54. The average molecular weight is 324 g/mol. The largest absolute Gasteiger partial charge is 0.405 e. The number of rotatable bonds is 4. The zero-order chi connectivity index (χ0) is 16.9. The fraction of sp³-hybridized carbons (Fsp3) is 0.750. The van der Waals surface area contributed by atoms with Gasteiger partial charge in [0.2, 0.25) is 11.8 Å². The molecule has 0 saturated carbocycles. The third-order valence-electron chi connectivity index (χ3n) is 3.54. The van der Waals surface area contributed by atoms with Crippen LogP contribution in [0.15, 0.2) is 0 Å². The lowest BCUT2D eigenvalue weighted by atomic mass is 9.95. The van der Waals surface area contributed by atoms with Crippen molar-refractivity contribution in [2.75, 3.05) is 19.6 Å². The quantitative estimate of drug-likeness (QED) is 0.675. The Kier molecular flexibility index (Phi) is 6.15. The van der Waals surface area contributed by atoms with Crippen molar-refractivity contribution in [3.05, 3.63) is 0 Å². The summed E-state index contributed by atoms with van der Waals surface area (Å²) in [7, 11) is 0. The van der Waals surface area contributed by atoms with Crippen LogP contribution in [0.3, 0.4) is 0 Å². The van der Waals surface area contributed by atoms with Crippen LogP contribution in [0.4, 0.5) is 18.0 Å². The molecule has 1 aliphatic rings. The first kappa shape index (κ1) is 18.2. The molecule has 0 aliphatic carbocycles. The summed E-state index contributed by atoms with van der Waals surface area (Å²) in [6, 6.07) is -1.55. The van der Waals surface area contributed by atoms with Gasteiger partial charge in [0, 0.05) is 5.92 Å². The molecule has 10 heteroatoms. The maximum atomic E-state index is 12.0. The number of amides is 4. The predicted molar refractivity (Wildman–Crippen MR) is 70.5 cm³/mol. The second-order valence-corrected chi connectivity index (χ2v) is 5.17. The Bertz CT molecular complexity index is 434. The molecule has 4 amide bonds. The van der Waals surface area contributed by atoms with E-state index in [2.05, 4.69) is 0 Å². The molecule has 0 aromatic carbocycles. The van der Waals surface area contributed by atoms with Crippen molar-refractivity contribution in [2.24, 2.45) is 11.7 Å². The van der Waals surface area contributed by atoms with Crippen LogP contribution in [-0.2, 0) is 9.59 Å². The lowest BCUT2D eigenvalue weighted by Gasteiger charge is -2.34. The number of alkyl halides is 3. The number of urea groups is 1. The van der Waals surface area contributed by atoms with E-state index in [-0.39, 0.29) is 0 Å². The monoisotopic (exact) mass is 324 g/mol. The van der Waals surface area contributed by atoms with Crippen molar-refractivity contribution in [2.45, 2.75) is 32.0 Å². The first-order valence-corrected chi connectivity index (χ1v) is 6.79. The number of piperidine rings is 1. The molecule has 1 heterocycles. The van der Waals surface area contributed by atoms with Crippen molar-refractivity contribution >= 4 is 17.8 Å². The topological polar surface area (TPSA) is 105 Å². The Labute approximate surface area is 125 Å². The van der Waals surface area contributed by atoms with Crippen LogP contribution >= 0.6 is 0 Å². The minimum absolute atomic E-state index is 0.345. The van der Waals surface area contributed by atoms with E-state index in [1.54, 1.807) is 11.8 Å². The highest BCUT2D eigenvalue weighted by atomic mass is 19.4. The van der Waals surface area contributed by atoms with Crippen molar-refractivity contribution < 1.29 is 27.6 Å². The molecule has 0 spiro atoms. The van der Waals surface area contributed by atoms with Gasteiger partial charge in [0.1, 0.15) is 6.54 Å². The van der Waals surface area contributed by atoms with E-state index in [9.17, 15) is 27.6 Å². The highest BCUT2D eigenvalue weighted by Gasteiger charge is 2.32. The second kappa shape index (κ2) is 7.43. The van der Waals surface area contributed by atoms with Gasteiger partial charge in [0.15, 0.2) is 0 Å². The molecular formula is C12H19F3N4O3. The number of imide groups is 1. The molecule has 1 fully saturated rings. The van der Waals surface area contributed by atoms with Crippen LogP contribution in [0.5, 0.6) is 0 Å². The highest BCUT2D eigenvalue weighted by molar-refractivity contribution is 5.96. The molecule has 0 radical (unpaired) electrons. The van der Waals surface area contributed by atoms with E-state index in [4.69, 9.17) is 5.73 Å². The summed E-state index contributed by atoms with van der Waals surface area (Å²) in [4.78, 5) is 35.6. The first-order chi connectivity index (χ1) is 10.1. The van der Waals surface area contributed by atoms with Gasteiger partial charge in [-0.15, -0.1) is 0 Å². The average Bonchev–Trinajstić information content (AvgIpc) is 2.42. The van der Waals surface area contributed by atoms with Gasteiger partial charge < -0.3 is 11.1 Å². The number of carbonyl (C=O) groups excluding carboxylic acids is 3. The standard InChI is InChI=1S/C12H19F3N4O3/c1-7(9(20)18-11(16)22)19-4-2-8(3-5-19)10(21)17-6-12(13,14)15/h7-8H,2-6H2,1H3,(H,17,21)(H3,16,18,20,22). The summed E-state index contributed by atoms with van der Waals surface area (Å²) >= 11 is 0. The number of nitrogens with two attached hydrogens (primary N) is 1. The molecular weight excluding hydrogens is 305 g/mol. The number of nitrogens with zero attached hydrogens (tertiary/aromatic N) is 1. The Morgan fingerprint density at radius 2 is 1.82 bits per heavy atom. The Hall–Kier alpha value is -1.84. The molecule has 126 valence electrons. The lowest BCUT2D eigenvalue weighted by Crippen LogP contribution is -2.51. The molecule has 1 aliphatic heterocycles. The summed E-state index contributed by atoms with van der Waals surface area (Å²) in [6.45, 7) is 0.987. The zero-order valence-electron chi connectivity index (χ0n) is 12.1. The number of hydrogen-bond acceptors (Lipinski definition) is 4. The number of nitrogens with one attached hydrogen (secondary N) is 2. The van der Waals surface area contributed by atoms with E-state index < -0.39 is 42.5 Å². The van der Waals surface area contributed by atoms with Gasteiger partial charge in [-0.1, -0.05) is 0 Å². The van der Waals surface area contributed by atoms with Gasteiger partial charge in [0.05, 0.1) is 6.04 Å². The predicted octanol–water partition coefficient (Wildman–Crippen LogP) is -0.0397. The van der Waals surface area contributed by atoms with E-state index in [0.29, 0.717) is 25.9 Å². The van der Waals surface area contributed by atoms with Gasteiger partial charge in [0.25, 0.3) is 0 Å². The van der Waals surface area contributed by atoms with Crippen LogP contribution in [-0.4, -0.2) is 54.6 Å². The Balaban J connectivity index is 2.41. The number of likely N-dealkylation sites (tertiary alicyclic amines) is 1.